The molecule has 1 aromatic heterocycles. The van der Waals surface area contributed by atoms with Gasteiger partial charge in [0.25, 0.3) is 0 Å². The highest BCUT2D eigenvalue weighted by atomic mass is 35.5. The number of halogens is 1. The van der Waals surface area contributed by atoms with E-state index < -0.39 is 0 Å². The van der Waals surface area contributed by atoms with Crippen molar-refractivity contribution in [3.63, 3.8) is 0 Å². The average Bonchev–Trinajstić information content (AvgIpc) is 2.34. The fourth-order valence-electron chi connectivity index (χ4n) is 1.80. The van der Waals surface area contributed by atoms with E-state index in [1.807, 2.05) is 13.8 Å². The molecule has 0 radical (unpaired) electrons. The zero-order valence-corrected chi connectivity index (χ0v) is 13.6. The molecule has 0 saturated heterocycles. The van der Waals surface area contributed by atoms with Crippen LogP contribution in [-0.4, -0.2) is 51.6 Å². The predicted molar refractivity (Wildman–Crippen MR) is 81.5 cm³/mol. The summed E-state index contributed by atoms with van der Waals surface area (Å²) < 4.78 is 5.44. The molecule has 0 aliphatic carbocycles. The zero-order chi connectivity index (χ0) is 15.1. The molecular formula is C13H24ClN5O. The summed E-state index contributed by atoms with van der Waals surface area (Å²) in [6, 6.07) is 0.456. The van der Waals surface area contributed by atoms with E-state index in [1.165, 1.54) is 0 Å². The highest BCUT2D eigenvalue weighted by Gasteiger charge is 2.12. The maximum Gasteiger partial charge on any atom is 0.322 e. The van der Waals surface area contributed by atoms with Gasteiger partial charge in [-0.2, -0.15) is 15.0 Å². The van der Waals surface area contributed by atoms with E-state index >= 15 is 0 Å². The van der Waals surface area contributed by atoms with Crippen LogP contribution in [0.3, 0.4) is 0 Å². The van der Waals surface area contributed by atoms with E-state index in [2.05, 4.69) is 45.9 Å². The van der Waals surface area contributed by atoms with Crippen LogP contribution in [-0.2, 0) is 0 Å². The summed E-state index contributed by atoms with van der Waals surface area (Å²) in [5.41, 5.74) is 0. The lowest BCUT2D eigenvalue weighted by molar-refractivity contribution is 0.221. The molecular weight excluding hydrogens is 278 g/mol. The first-order chi connectivity index (χ1) is 9.44. The van der Waals surface area contributed by atoms with E-state index in [0.29, 0.717) is 5.95 Å². The summed E-state index contributed by atoms with van der Waals surface area (Å²) in [6.07, 6.45) is -0.00517. The molecule has 1 atom stereocenters. The second kappa shape index (κ2) is 8.21. The number of hydrogen-bond donors (Lipinski definition) is 1. The van der Waals surface area contributed by atoms with Crippen LogP contribution in [0.5, 0.6) is 6.01 Å². The molecule has 0 fully saturated rings. The Bertz CT molecular complexity index is 412. The van der Waals surface area contributed by atoms with E-state index in [0.717, 1.165) is 19.6 Å². The Hall–Kier alpha value is -1.14. The second-order valence-electron chi connectivity index (χ2n) is 4.91. The topological polar surface area (TPSA) is 63.2 Å². The number of nitrogens with zero attached hydrogens (tertiary/aromatic N) is 4. The third-order valence-corrected chi connectivity index (χ3v) is 2.90. The van der Waals surface area contributed by atoms with Gasteiger partial charge in [-0.25, -0.2) is 0 Å². The molecule has 0 aromatic carbocycles. The van der Waals surface area contributed by atoms with Crippen molar-refractivity contribution in [1.29, 1.82) is 0 Å². The van der Waals surface area contributed by atoms with Crippen LogP contribution in [0.25, 0.3) is 0 Å². The normalized spacial score (nSPS) is 12.8. The van der Waals surface area contributed by atoms with Crippen LogP contribution in [0.4, 0.5) is 5.95 Å². The third-order valence-electron chi connectivity index (χ3n) is 2.73. The maximum absolute atomic E-state index is 5.88. The first-order valence-electron chi connectivity index (χ1n) is 7.01. The van der Waals surface area contributed by atoms with Crippen LogP contribution in [0.2, 0.25) is 5.28 Å². The standard InChI is InChI=1S/C13H24ClN5O/c1-6-19(7-2)8-10(5)15-12-16-11(14)17-13(18-12)20-9(3)4/h9-10H,6-8H2,1-5H3,(H,15,16,17,18). The molecule has 1 heterocycles. The lowest BCUT2D eigenvalue weighted by Crippen LogP contribution is -2.35. The molecule has 20 heavy (non-hydrogen) atoms. The fraction of sp³-hybridized carbons (Fsp3) is 0.769. The van der Waals surface area contributed by atoms with Gasteiger partial charge in [-0.15, -0.1) is 0 Å². The predicted octanol–water partition coefficient (Wildman–Crippen LogP) is 2.45. The summed E-state index contributed by atoms with van der Waals surface area (Å²) in [5, 5.41) is 3.36. The number of hydrogen-bond acceptors (Lipinski definition) is 6. The van der Waals surface area contributed by atoms with Gasteiger partial charge in [0.2, 0.25) is 11.2 Å². The average molecular weight is 302 g/mol. The Labute approximate surface area is 125 Å². The molecule has 114 valence electrons. The van der Waals surface area contributed by atoms with Crippen LogP contribution in [0.1, 0.15) is 34.6 Å². The SMILES string of the molecule is CCN(CC)CC(C)Nc1nc(Cl)nc(OC(C)C)n1. The number of likely N-dealkylation sites (N-methyl/N-ethyl adjacent to an activating group) is 1. The van der Waals surface area contributed by atoms with Crippen LogP contribution in [0, 0.1) is 0 Å². The summed E-state index contributed by atoms with van der Waals surface area (Å²) in [5.74, 6) is 0.445. The van der Waals surface area contributed by atoms with Crippen molar-refractivity contribution >= 4 is 17.5 Å². The second-order valence-corrected chi connectivity index (χ2v) is 5.25. The summed E-state index contributed by atoms with van der Waals surface area (Å²) in [6.45, 7) is 13.1. The summed E-state index contributed by atoms with van der Waals surface area (Å²) >= 11 is 5.88. The summed E-state index contributed by atoms with van der Waals surface area (Å²) in [7, 11) is 0. The van der Waals surface area contributed by atoms with E-state index in [1.54, 1.807) is 0 Å². The van der Waals surface area contributed by atoms with Gasteiger partial charge in [-0.05, 0) is 45.5 Å². The molecule has 0 aliphatic rings. The molecule has 0 amide bonds. The number of anilines is 1. The van der Waals surface area contributed by atoms with Gasteiger partial charge in [-0.1, -0.05) is 13.8 Å². The summed E-state index contributed by atoms with van der Waals surface area (Å²) in [4.78, 5) is 14.6. The molecule has 1 N–H and O–H groups in total. The van der Waals surface area contributed by atoms with Crippen molar-refractivity contribution in [3.8, 4) is 6.01 Å². The highest BCUT2D eigenvalue weighted by molar-refractivity contribution is 6.28. The van der Waals surface area contributed by atoms with E-state index in [4.69, 9.17) is 16.3 Å². The monoisotopic (exact) mass is 301 g/mol. The van der Waals surface area contributed by atoms with Crippen molar-refractivity contribution in [2.24, 2.45) is 0 Å². The van der Waals surface area contributed by atoms with Gasteiger partial charge in [0.1, 0.15) is 0 Å². The molecule has 0 spiro atoms. The van der Waals surface area contributed by atoms with Crippen LogP contribution < -0.4 is 10.1 Å². The minimum absolute atomic E-state index is 0.00517. The lowest BCUT2D eigenvalue weighted by atomic mass is 10.3. The van der Waals surface area contributed by atoms with Crippen LogP contribution >= 0.6 is 11.6 Å². The van der Waals surface area contributed by atoms with Gasteiger partial charge in [0.15, 0.2) is 0 Å². The van der Waals surface area contributed by atoms with Crippen LogP contribution in [0.15, 0.2) is 0 Å². The Morgan fingerprint density at radius 1 is 1.15 bits per heavy atom. The Morgan fingerprint density at radius 2 is 1.80 bits per heavy atom. The zero-order valence-electron chi connectivity index (χ0n) is 12.9. The van der Waals surface area contributed by atoms with Crippen molar-refractivity contribution in [1.82, 2.24) is 19.9 Å². The first kappa shape index (κ1) is 16.9. The lowest BCUT2D eigenvalue weighted by Gasteiger charge is -2.23. The molecule has 0 aliphatic heterocycles. The van der Waals surface area contributed by atoms with E-state index in [-0.39, 0.29) is 23.4 Å². The molecule has 6 nitrogen and oxygen atoms in total. The van der Waals surface area contributed by atoms with Crippen molar-refractivity contribution in [3.05, 3.63) is 5.28 Å². The Kier molecular flexibility index (Phi) is 6.95. The molecule has 0 saturated carbocycles. The number of nitrogens with one attached hydrogen (secondary N) is 1. The smallest absolute Gasteiger partial charge is 0.322 e. The van der Waals surface area contributed by atoms with Gasteiger partial charge in [0.05, 0.1) is 6.10 Å². The van der Waals surface area contributed by atoms with Gasteiger partial charge >= 0.3 is 6.01 Å². The van der Waals surface area contributed by atoms with Crippen molar-refractivity contribution < 1.29 is 4.74 Å². The molecule has 1 aromatic rings. The van der Waals surface area contributed by atoms with Crippen molar-refractivity contribution in [2.45, 2.75) is 46.8 Å². The first-order valence-corrected chi connectivity index (χ1v) is 7.39. The van der Waals surface area contributed by atoms with Gasteiger partial charge < -0.3 is 15.0 Å². The number of rotatable bonds is 8. The van der Waals surface area contributed by atoms with Gasteiger partial charge in [0, 0.05) is 12.6 Å². The Balaban J connectivity index is 2.68. The fourth-order valence-corrected chi connectivity index (χ4v) is 1.95. The molecule has 1 rings (SSSR count). The maximum atomic E-state index is 5.88. The number of aromatic nitrogens is 3. The largest absolute Gasteiger partial charge is 0.461 e. The minimum Gasteiger partial charge on any atom is -0.461 e. The Morgan fingerprint density at radius 3 is 2.35 bits per heavy atom. The quantitative estimate of drug-likeness (QED) is 0.796. The molecule has 7 heteroatoms. The number of ether oxygens (including phenoxy) is 1. The van der Waals surface area contributed by atoms with E-state index in [9.17, 15) is 0 Å². The molecule has 1 unspecified atom stereocenters. The third kappa shape index (κ3) is 5.88. The molecule has 0 bridgehead atoms. The highest BCUT2D eigenvalue weighted by Crippen LogP contribution is 2.13. The minimum atomic E-state index is -0.00517. The van der Waals surface area contributed by atoms with Crippen molar-refractivity contribution in [2.75, 3.05) is 25.0 Å². The van der Waals surface area contributed by atoms with Gasteiger partial charge in [-0.3, -0.25) is 0 Å².